The van der Waals surface area contributed by atoms with Crippen LogP contribution in [-0.4, -0.2) is 29.7 Å². The average molecular weight is 194 g/mol. The number of carbonyl (C=O) groups is 1. The van der Waals surface area contributed by atoms with Gasteiger partial charge in [0.15, 0.2) is 5.60 Å². The lowest BCUT2D eigenvalue weighted by Crippen LogP contribution is -2.45. The first kappa shape index (κ1) is 10.4. The lowest BCUT2D eigenvalue weighted by atomic mass is 9.83. The van der Waals surface area contributed by atoms with Crippen molar-refractivity contribution in [2.24, 2.45) is 0 Å². The number of aliphatic hydroxyl groups is 1. The van der Waals surface area contributed by atoms with Gasteiger partial charge >= 0.3 is 5.97 Å². The van der Waals surface area contributed by atoms with Crippen LogP contribution in [-0.2, 0) is 9.53 Å². The van der Waals surface area contributed by atoms with E-state index in [4.69, 9.17) is 0 Å². The van der Waals surface area contributed by atoms with Gasteiger partial charge in [-0.1, -0.05) is 0 Å². The quantitative estimate of drug-likeness (QED) is 0.636. The van der Waals surface area contributed by atoms with Crippen molar-refractivity contribution < 1.29 is 23.4 Å². The maximum Gasteiger partial charge on any atom is 0.337 e. The molecule has 1 aliphatic rings. The van der Waals surface area contributed by atoms with Crippen LogP contribution in [0.15, 0.2) is 0 Å². The Hall–Kier alpha value is -0.710. The summed E-state index contributed by atoms with van der Waals surface area (Å²) in [6.45, 7) is 0. The van der Waals surface area contributed by atoms with E-state index in [2.05, 4.69) is 4.74 Å². The predicted molar refractivity (Wildman–Crippen MR) is 40.4 cm³/mol. The Labute approximate surface area is 74.7 Å². The summed E-state index contributed by atoms with van der Waals surface area (Å²) in [5.41, 5.74) is -1.70. The van der Waals surface area contributed by atoms with Gasteiger partial charge in [0.05, 0.1) is 7.11 Å². The van der Waals surface area contributed by atoms with E-state index in [9.17, 15) is 18.7 Å². The highest BCUT2D eigenvalue weighted by Gasteiger charge is 2.47. The second-order valence-corrected chi connectivity index (χ2v) is 3.38. The summed E-state index contributed by atoms with van der Waals surface area (Å²) >= 11 is 0. The van der Waals surface area contributed by atoms with Gasteiger partial charge in [-0.25, -0.2) is 13.6 Å². The maximum absolute atomic E-state index is 12.7. The van der Waals surface area contributed by atoms with E-state index in [-0.39, 0.29) is 12.8 Å². The molecule has 0 spiro atoms. The van der Waals surface area contributed by atoms with Gasteiger partial charge in [0.1, 0.15) is 0 Å². The first-order valence-corrected chi connectivity index (χ1v) is 4.08. The smallest absolute Gasteiger partial charge is 0.337 e. The van der Waals surface area contributed by atoms with Gasteiger partial charge in [-0.2, -0.15) is 0 Å². The third-order valence-electron chi connectivity index (χ3n) is 2.37. The van der Waals surface area contributed by atoms with Crippen LogP contribution in [0.4, 0.5) is 8.78 Å². The fourth-order valence-corrected chi connectivity index (χ4v) is 1.42. The van der Waals surface area contributed by atoms with Gasteiger partial charge < -0.3 is 9.84 Å². The molecule has 3 nitrogen and oxygen atoms in total. The third kappa shape index (κ3) is 2.15. The van der Waals surface area contributed by atoms with Crippen molar-refractivity contribution in [1.29, 1.82) is 0 Å². The molecule has 0 unspecified atom stereocenters. The average Bonchev–Trinajstić information content (AvgIpc) is 2.09. The molecule has 0 aliphatic heterocycles. The van der Waals surface area contributed by atoms with Gasteiger partial charge in [-0.15, -0.1) is 0 Å². The highest BCUT2D eigenvalue weighted by atomic mass is 19.3. The number of esters is 1. The second-order valence-electron chi connectivity index (χ2n) is 3.38. The van der Waals surface area contributed by atoms with E-state index in [1.807, 2.05) is 0 Å². The van der Waals surface area contributed by atoms with Crippen molar-refractivity contribution in [3.05, 3.63) is 0 Å². The molecule has 5 heteroatoms. The summed E-state index contributed by atoms with van der Waals surface area (Å²) in [6, 6.07) is 0. The third-order valence-corrected chi connectivity index (χ3v) is 2.37. The second kappa shape index (κ2) is 3.21. The van der Waals surface area contributed by atoms with E-state index in [0.29, 0.717) is 0 Å². The molecule has 1 N–H and O–H groups in total. The number of halogens is 2. The number of methoxy groups -OCH3 is 1. The van der Waals surface area contributed by atoms with Gasteiger partial charge in [0, 0.05) is 12.8 Å². The van der Waals surface area contributed by atoms with Crippen LogP contribution in [0.3, 0.4) is 0 Å². The molecule has 1 fully saturated rings. The largest absolute Gasteiger partial charge is 0.467 e. The molecule has 0 atom stereocenters. The SMILES string of the molecule is COC(=O)C1(O)CCC(F)(F)CC1. The highest BCUT2D eigenvalue weighted by molar-refractivity contribution is 5.79. The first-order chi connectivity index (χ1) is 5.90. The number of hydrogen-bond acceptors (Lipinski definition) is 3. The van der Waals surface area contributed by atoms with Crippen molar-refractivity contribution in [3.8, 4) is 0 Å². The van der Waals surface area contributed by atoms with Crippen LogP contribution >= 0.6 is 0 Å². The van der Waals surface area contributed by atoms with Crippen LogP contribution in [0, 0.1) is 0 Å². The Balaban J connectivity index is 2.61. The predicted octanol–water partition coefficient (Wildman–Crippen LogP) is 1.10. The Bertz CT molecular complexity index is 205. The van der Waals surface area contributed by atoms with Gasteiger partial charge in [-0.05, 0) is 12.8 Å². The lowest BCUT2D eigenvalue weighted by Gasteiger charge is -2.33. The Morgan fingerprint density at radius 3 is 2.15 bits per heavy atom. The zero-order valence-corrected chi connectivity index (χ0v) is 7.35. The summed E-state index contributed by atoms with van der Waals surface area (Å²) in [4.78, 5) is 11.0. The summed E-state index contributed by atoms with van der Waals surface area (Å²) in [5, 5.41) is 9.56. The van der Waals surface area contributed by atoms with Gasteiger partial charge in [0.25, 0.3) is 0 Å². The van der Waals surface area contributed by atoms with Gasteiger partial charge in [-0.3, -0.25) is 0 Å². The number of hydrogen-bond donors (Lipinski definition) is 1. The van der Waals surface area contributed by atoms with Gasteiger partial charge in [0.2, 0.25) is 5.92 Å². The van der Waals surface area contributed by atoms with Crippen LogP contribution in [0.1, 0.15) is 25.7 Å². The van der Waals surface area contributed by atoms with E-state index in [1.54, 1.807) is 0 Å². The number of carbonyl (C=O) groups excluding carboxylic acids is 1. The molecule has 1 rings (SSSR count). The van der Waals surface area contributed by atoms with E-state index >= 15 is 0 Å². The summed E-state index contributed by atoms with van der Waals surface area (Å²) in [6.07, 6.45) is -1.38. The molecule has 0 aromatic rings. The fraction of sp³-hybridized carbons (Fsp3) is 0.875. The number of ether oxygens (including phenoxy) is 1. The van der Waals surface area contributed by atoms with Crippen LogP contribution < -0.4 is 0 Å². The molecule has 76 valence electrons. The molecule has 0 heterocycles. The number of alkyl halides is 2. The molecule has 13 heavy (non-hydrogen) atoms. The summed E-state index contributed by atoms with van der Waals surface area (Å²) in [7, 11) is 1.13. The summed E-state index contributed by atoms with van der Waals surface area (Å²) < 4.78 is 29.6. The monoisotopic (exact) mass is 194 g/mol. The minimum Gasteiger partial charge on any atom is -0.467 e. The molecule has 0 amide bonds. The van der Waals surface area contributed by atoms with Crippen molar-refractivity contribution in [2.75, 3.05) is 7.11 Å². The molecule has 1 aliphatic carbocycles. The lowest BCUT2D eigenvalue weighted by molar-refractivity contribution is -0.174. The van der Waals surface area contributed by atoms with Crippen molar-refractivity contribution >= 4 is 5.97 Å². The molecule has 0 radical (unpaired) electrons. The first-order valence-electron chi connectivity index (χ1n) is 4.08. The van der Waals surface area contributed by atoms with Crippen molar-refractivity contribution in [2.45, 2.75) is 37.2 Å². The van der Waals surface area contributed by atoms with Crippen molar-refractivity contribution in [3.63, 3.8) is 0 Å². The zero-order valence-electron chi connectivity index (χ0n) is 7.35. The van der Waals surface area contributed by atoms with Crippen molar-refractivity contribution in [1.82, 2.24) is 0 Å². The highest BCUT2D eigenvalue weighted by Crippen LogP contribution is 2.38. The minimum atomic E-state index is -2.75. The molecule has 0 aromatic heterocycles. The molecule has 0 saturated heterocycles. The van der Waals surface area contributed by atoms with Crippen LogP contribution in [0.25, 0.3) is 0 Å². The van der Waals surface area contributed by atoms with E-state index < -0.39 is 30.3 Å². The summed E-state index contributed by atoms with van der Waals surface area (Å²) in [5.74, 6) is -3.57. The molecule has 1 saturated carbocycles. The van der Waals surface area contributed by atoms with Crippen LogP contribution in [0.5, 0.6) is 0 Å². The zero-order chi connectivity index (χ0) is 10.1. The maximum atomic E-state index is 12.7. The normalized spacial score (nSPS) is 25.2. The number of rotatable bonds is 1. The Morgan fingerprint density at radius 1 is 1.31 bits per heavy atom. The van der Waals surface area contributed by atoms with Crippen LogP contribution in [0.2, 0.25) is 0 Å². The fourth-order valence-electron chi connectivity index (χ4n) is 1.42. The Kier molecular flexibility index (Phi) is 2.56. The topological polar surface area (TPSA) is 46.5 Å². The molecular weight excluding hydrogens is 182 g/mol. The molecule has 0 bridgehead atoms. The molecule has 0 aromatic carbocycles. The standard InChI is InChI=1S/C8H12F2O3/c1-13-6(11)7(12)2-4-8(9,10)5-3-7/h12H,2-5H2,1H3. The van der Waals surface area contributed by atoms with E-state index in [0.717, 1.165) is 7.11 Å². The Morgan fingerprint density at radius 2 is 1.77 bits per heavy atom. The molecular formula is C8H12F2O3. The van der Waals surface area contributed by atoms with E-state index in [1.165, 1.54) is 0 Å². The minimum absolute atomic E-state index is 0.229.